The van der Waals surface area contributed by atoms with Gasteiger partial charge in [0.2, 0.25) is 0 Å². The van der Waals surface area contributed by atoms with E-state index >= 15 is 0 Å². The lowest BCUT2D eigenvalue weighted by molar-refractivity contribution is 0.420. The molecule has 0 spiro atoms. The van der Waals surface area contributed by atoms with E-state index in [2.05, 4.69) is 50.4 Å². The topological polar surface area (TPSA) is 12.0 Å². The van der Waals surface area contributed by atoms with Crippen LogP contribution in [0.1, 0.15) is 37.3 Å². The van der Waals surface area contributed by atoms with Crippen LogP contribution in [0.3, 0.4) is 0 Å². The van der Waals surface area contributed by atoms with E-state index in [0.717, 1.165) is 11.4 Å². The summed E-state index contributed by atoms with van der Waals surface area (Å²) in [5.41, 5.74) is 2.79. The van der Waals surface area contributed by atoms with Gasteiger partial charge in [-0.15, -0.1) is 0 Å². The molecule has 1 unspecified atom stereocenters. The van der Waals surface area contributed by atoms with Crippen LogP contribution >= 0.6 is 12.2 Å². The number of hydrogen-bond donors (Lipinski definition) is 1. The van der Waals surface area contributed by atoms with Crippen LogP contribution in [-0.4, -0.2) is 10.5 Å². The smallest absolute Gasteiger partial charge is 0.0764 e. The van der Waals surface area contributed by atoms with E-state index in [0.29, 0.717) is 5.92 Å². The van der Waals surface area contributed by atoms with Gasteiger partial charge in [0.25, 0.3) is 0 Å². The third kappa shape index (κ3) is 2.05. The maximum Gasteiger partial charge on any atom is 0.0764 e. The third-order valence-electron chi connectivity index (χ3n) is 3.20. The lowest BCUT2D eigenvalue weighted by Gasteiger charge is -2.27. The molecule has 0 aromatic heterocycles. The van der Waals surface area contributed by atoms with Crippen LogP contribution in [0.5, 0.6) is 0 Å². The molecular weight excluding hydrogens is 202 g/mol. The number of aryl methyl sites for hydroxylation is 1. The summed E-state index contributed by atoms with van der Waals surface area (Å²) in [6.07, 6.45) is 0.978. The Balaban J connectivity index is 2.31. The summed E-state index contributed by atoms with van der Waals surface area (Å²) in [6.45, 7) is 6.56. The summed E-state index contributed by atoms with van der Waals surface area (Å²) in [7, 11) is 0. The van der Waals surface area contributed by atoms with Gasteiger partial charge in [0.15, 0.2) is 0 Å². The van der Waals surface area contributed by atoms with Gasteiger partial charge in [-0.1, -0.05) is 42.0 Å². The summed E-state index contributed by atoms with van der Waals surface area (Å²) in [5.74, 6) is 0.505. The van der Waals surface area contributed by atoms with Crippen molar-refractivity contribution in [3.63, 3.8) is 0 Å². The Morgan fingerprint density at radius 1 is 1.27 bits per heavy atom. The van der Waals surface area contributed by atoms with Crippen molar-refractivity contribution in [3.05, 3.63) is 35.4 Å². The van der Waals surface area contributed by atoms with E-state index in [1.54, 1.807) is 0 Å². The molecule has 1 N–H and O–H groups in total. The summed E-state index contributed by atoms with van der Waals surface area (Å²) in [5, 5.41) is 3.39. The summed E-state index contributed by atoms with van der Waals surface area (Å²) >= 11 is 5.26. The quantitative estimate of drug-likeness (QED) is 0.728. The van der Waals surface area contributed by atoms with Crippen LogP contribution in [0.25, 0.3) is 0 Å². The van der Waals surface area contributed by atoms with Crippen molar-refractivity contribution in [2.24, 2.45) is 0 Å². The van der Waals surface area contributed by atoms with Gasteiger partial charge in [0.05, 0.1) is 4.99 Å². The molecule has 1 aromatic carbocycles. The van der Waals surface area contributed by atoms with E-state index in [-0.39, 0.29) is 5.54 Å². The second kappa shape index (κ2) is 3.60. The fourth-order valence-electron chi connectivity index (χ4n) is 2.27. The van der Waals surface area contributed by atoms with Crippen molar-refractivity contribution in [3.8, 4) is 0 Å². The van der Waals surface area contributed by atoms with Gasteiger partial charge in [-0.2, -0.15) is 0 Å². The first-order valence-electron chi connectivity index (χ1n) is 5.36. The number of nitrogens with one attached hydrogen (secondary N) is 1. The van der Waals surface area contributed by atoms with Gasteiger partial charge in [0, 0.05) is 17.9 Å². The molecule has 15 heavy (non-hydrogen) atoms. The van der Waals surface area contributed by atoms with Crippen molar-refractivity contribution >= 4 is 17.2 Å². The maximum atomic E-state index is 5.26. The Bertz CT molecular complexity index is 378. The Morgan fingerprint density at radius 2 is 1.87 bits per heavy atom. The molecule has 2 rings (SSSR count). The van der Waals surface area contributed by atoms with Crippen LogP contribution in [0.2, 0.25) is 0 Å². The zero-order valence-electron chi connectivity index (χ0n) is 9.50. The van der Waals surface area contributed by atoms with E-state index in [9.17, 15) is 0 Å². The summed E-state index contributed by atoms with van der Waals surface area (Å²) in [6, 6.07) is 8.79. The molecule has 0 radical (unpaired) electrons. The van der Waals surface area contributed by atoms with Crippen molar-refractivity contribution in [1.82, 2.24) is 5.32 Å². The molecule has 1 saturated heterocycles. The third-order valence-corrected chi connectivity index (χ3v) is 3.47. The van der Waals surface area contributed by atoms with Gasteiger partial charge in [-0.3, -0.25) is 0 Å². The fraction of sp³-hybridized carbons (Fsp3) is 0.462. The van der Waals surface area contributed by atoms with Gasteiger partial charge in [-0.25, -0.2) is 0 Å². The van der Waals surface area contributed by atoms with Crippen LogP contribution in [-0.2, 0) is 0 Å². The molecule has 2 heteroatoms. The lowest BCUT2D eigenvalue weighted by Crippen LogP contribution is -2.38. The second-order valence-electron chi connectivity index (χ2n) is 4.94. The normalized spacial score (nSPS) is 23.9. The highest BCUT2D eigenvalue weighted by Gasteiger charge is 2.37. The molecule has 0 amide bonds. The Kier molecular flexibility index (Phi) is 2.55. The first-order valence-corrected chi connectivity index (χ1v) is 5.77. The molecule has 80 valence electrons. The molecule has 1 heterocycles. The monoisotopic (exact) mass is 219 g/mol. The van der Waals surface area contributed by atoms with Gasteiger partial charge < -0.3 is 5.32 Å². The minimum Gasteiger partial charge on any atom is -0.374 e. The molecule has 0 aliphatic carbocycles. The van der Waals surface area contributed by atoms with Crippen molar-refractivity contribution in [2.45, 2.75) is 38.6 Å². The first-order chi connectivity index (χ1) is 6.99. The Labute approximate surface area is 96.9 Å². The van der Waals surface area contributed by atoms with Crippen LogP contribution in [0, 0.1) is 6.92 Å². The predicted molar refractivity (Wildman–Crippen MR) is 68.3 cm³/mol. The number of hydrogen-bond acceptors (Lipinski definition) is 1. The van der Waals surface area contributed by atoms with Crippen LogP contribution in [0.4, 0.5) is 0 Å². The molecule has 0 bridgehead atoms. The minimum absolute atomic E-state index is 0.0896. The molecule has 1 aliphatic rings. The van der Waals surface area contributed by atoms with E-state index in [1.165, 1.54) is 11.1 Å². The molecule has 0 saturated carbocycles. The van der Waals surface area contributed by atoms with Gasteiger partial charge in [0.1, 0.15) is 0 Å². The summed E-state index contributed by atoms with van der Waals surface area (Å²) < 4.78 is 0. The zero-order chi connectivity index (χ0) is 11.1. The zero-order valence-corrected chi connectivity index (χ0v) is 10.3. The largest absolute Gasteiger partial charge is 0.374 e. The standard InChI is InChI=1S/C13H17NS/c1-9-4-6-10(7-5-9)11-8-12(15)14-13(11,2)3/h4-7,11H,8H2,1-3H3,(H,14,15). The SMILES string of the molecule is Cc1ccc(C2CC(=S)NC2(C)C)cc1. The van der Waals surface area contributed by atoms with Gasteiger partial charge in [-0.05, 0) is 26.3 Å². The Hall–Kier alpha value is -0.890. The highest BCUT2D eigenvalue weighted by Crippen LogP contribution is 2.36. The number of benzene rings is 1. The average molecular weight is 219 g/mol. The highest BCUT2D eigenvalue weighted by molar-refractivity contribution is 7.80. The molecule has 1 fully saturated rings. The Morgan fingerprint density at radius 3 is 2.33 bits per heavy atom. The van der Waals surface area contributed by atoms with Crippen LogP contribution in [0.15, 0.2) is 24.3 Å². The number of rotatable bonds is 1. The fourth-order valence-corrected chi connectivity index (χ4v) is 2.70. The molecule has 1 atom stereocenters. The van der Waals surface area contributed by atoms with E-state index in [4.69, 9.17) is 12.2 Å². The highest BCUT2D eigenvalue weighted by atomic mass is 32.1. The molecule has 1 aromatic rings. The van der Waals surface area contributed by atoms with E-state index < -0.39 is 0 Å². The summed E-state index contributed by atoms with van der Waals surface area (Å²) in [4.78, 5) is 0.991. The molecule has 1 aliphatic heterocycles. The van der Waals surface area contributed by atoms with Gasteiger partial charge >= 0.3 is 0 Å². The predicted octanol–water partition coefficient (Wildman–Crippen LogP) is 3.18. The molecule has 1 nitrogen and oxygen atoms in total. The average Bonchev–Trinajstić information content (AvgIpc) is 2.41. The van der Waals surface area contributed by atoms with E-state index in [1.807, 2.05) is 0 Å². The maximum absolute atomic E-state index is 5.26. The second-order valence-corrected chi connectivity index (χ2v) is 5.43. The molecular formula is C13H17NS. The van der Waals surface area contributed by atoms with Crippen LogP contribution < -0.4 is 5.32 Å². The number of thiocarbonyl (C=S) groups is 1. The first kappa shape index (κ1) is 10.6. The van der Waals surface area contributed by atoms with Crippen molar-refractivity contribution < 1.29 is 0 Å². The van der Waals surface area contributed by atoms with Crippen molar-refractivity contribution in [2.75, 3.05) is 0 Å². The lowest BCUT2D eigenvalue weighted by atomic mass is 9.83. The van der Waals surface area contributed by atoms with Crippen molar-refractivity contribution in [1.29, 1.82) is 0 Å². The minimum atomic E-state index is 0.0896.